The number of amides is 1. The molecule has 110 valence electrons. The van der Waals surface area contributed by atoms with Crippen LogP contribution in [0.25, 0.3) is 0 Å². The Morgan fingerprint density at radius 2 is 2.29 bits per heavy atom. The Hall–Kier alpha value is -2.10. The summed E-state index contributed by atoms with van der Waals surface area (Å²) < 4.78 is 2.25. The van der Waals surface area contributed by atoms with Crippen LogP contribution in [0.15, 0.2) is 30.5 Å². The van der Waals surface area contributed by atoms with E-state index in [-0.39, 0.29) is 5.91 Å². The highest BCUT2D eigenvalue weighted by atomic mass is 16.1. The molecule has 1 aromatic carbocycles. The van der Waals surface area contributed by atoms with Crippen LogP contribution in [-0.2, 0) is 19.4 Å². The normalized spacial score (nSPS) is 13.8. The van der Waals surface area contributed by atoms with Crippen LogP contribution in [0.5, 0.6) is 0 Å². The summed E-state index contributed by atoms with van der Waals surface area (Å²) in [6.07, 6.45) is 6.48. The largest absolute Gasteiger partial charge is 0.352 e. The molecular formula is C17H21N3O. The average molecular weight is 283 g/mol. The van der Waals surface area contributed by atoms with Crippen LogP contribution in [0, 0.1) is 6.92 Å². The van der Waals surface area contributed by atoms with Gasteiger partial charge in [0.2, 0.25) is 0 Å². The molecule has 0 spiro atoms. The number of nitrogens with zero attached hydrogens (tertiary/aromatic N) is 2. The second-order valence-electron chi connectivity index (χ2n) is 5.67. The highest BCUT2D eigenvalue weighted by Crippen LogP contribution is 2.14. The number of carbonyl (C=O) groups is 1. The molecule has 0 aliphatic carbocycles. The number of hydrogen-bond donors (Lipinski definition) is 1. The highest BCUT2D eigenvalue weighted by molar-refractivity contribution is 5.94. The predicted molar refractivity (Wildman–Crippen MR) is 82.4 cm³/mol. The van der Waals surface area contributed by atoms with Gasteiger partial charge in [0.1, 0.15) is 5.82 Å². The molecule has 1 aliphatic rings. The first-order valence-electron chi connectivity index (χ1n) is 7.62. The average Bonchev–Trinajstić information content (AvgIpc) is 2.89. The standard InChI is InChI=1S/C17H21N3O/c1-13-5-4-6-14(11-13)17(21)18-9-8-15-12-20-10-3-2-7-16(20)19-15/h4-6,11-12H,2-3,7-10H2,1H3,(H,18,21). The molecule has 0 saturated heterocycles. The molecule has 1 amide bonds. The molecule has 0 bridgehead atoms. The van der Waals surface area contributed by atoms with Crippen molar-refractivity contribution in [1.29, 1.82) is 0 Å². The van der Waals surface area contributed by atoms with E-state index >= 15 is 0 Å². The van der Waals surface area contributed by atoms with Crippen LogP contribution in [0.2, 0.25) is 0 Å². The Kier molecular flexibility index (Phi) is 4.04. The van der Waals surface area contributed by atoms with Crippen molar-refractivity contribution in [3.63, 3.8) is 0 Å². The molecule has 0 fully saturated rings. The number of aromatic nitrogens is 2. The van der Waals surface area contributed by atoms with Crippen molar-refractivity contribution in [1.82, 2.24) is 14.9 Å². The van der Waals surface area contributed by atoms with Gasteiger partial charge in [-0.2, -0.15) is 0 Å². The van der Waals surface area contributed by atoms with E-state index in [0.717, 1.165) is 36.2 Å². The highest BCUT2D eigenvalue weighted by Gasteiger charge is 2.12. The van der Waals surface area contributed by atoms with Crippen LogP contribution in [0.3, 0.4) is 0 Å². The van der Waals surface area contributed by atoms with Crippen LogP contribution < -0.4 is 5.32 Å². The lowest BCUT2D eigenvalue weighted by Crippen LogP contribution is -2.25. The third-order valence-electron chi connectivity index (χ3n) is 3.91. The zero-order chi connectivity index (χ0) is 14.7. The Morgan fingerprint density at radius 3 is 3.10 bits per heavy atom. The number of benzene rings is 1. The molecule has 0 atom stereocenters. The van der Waals surface area contributed by atoms with E-state index in [9.17, 15) is 4.79 Å². The number of fused-ring (bicyclic) bond motifs is 1. The van der Waals surface area contributed by atoms with E-state index in [2.05, 4.69) is 21.1 Å². The van der Waals surface area contributed by atoms with Gasteiger partial charge in [0.05, 0.1) is 5.69 Å². The fraction of sp³-hybridized carbons (Fsp3) is 0.412. The first-order valence-corrected chi connectivity index (χ1v) is 7.62. The monoisotopic (exact) mass is 283 g/mol. The summed E-state index contributed by atoms with van der Waals surface area (Å²) in [5.74, 6) is 1.18. The third-order valence-corrected chi connectivity index (χ3v) is 3.91. The van der Waals surface area contributed by atoms with E-state index in [1.165, 1.54) is 18.7 Å². The number of hydrogen-bond acceptors (Lipinski definition) is 2. The molecule has 1 aliphatic heterocycles. The van der Waals surface area contributed by atoms with Crippen LogP contribution in [0.4, 0.5) is 0 Å². The first kappa shape index (κ1) is 13.9. The molecule has 2 heterocycles. The molecule has 1 aromatic heterocycles. The van der Waals surface area contributed by atoms with Crippen molar-refractivity contribution >= 4 is 5.91 Å². The van der Waals surface area contributed by atoms with Crippen molar-refractivity contribution in [2.75, 3.05) is 6.54 Å². The van der Waals surface area contributed by atoms with Crippen LogP contribution in [-0.4, -0.2) is 22.0 Å². The van der Waals surface area contributed by atoms with E-state index in [1.807, 2.05) is 31.2 Å². The molecule has 0 saturated carbocycles. The van der Waals surface area contributed by atoms with Gasteiger partial charge in [-0.25, -0.2) is 4.98 Å². The van der Waals surface area contributed by atoms with Gasteiger partial charge >= 0.3 is 0 Å². The number of imidazole rings is 1. The summed E-state index contributed by atoms with van der Waals surface area (Å²) in [5.41, 5.74) is 2.90. The molecule has 4 nitrogen and oxygen atoms in total. The van der Waals surface area contributed by atoms with Gasteiger partial charge in [-0.3, -0.25) is 4.79 Å². The van der Waals surface area contributed by atoms with Crippen molar-refractivity contribution in [3.05, 3.63) is 53.1 Å². The lowest BCUT2D eigenvalue weighted by atomic mass is 10.1. The quantitative estimate of drug-likeness (QED) is 0.937. The van der Waals surface area contributed by atoms with Gasteiger partial charge in [-0.15, -0.1) is 0 Å². The summed E-state index contributed by atoms with van der Waals surface area (Å²) in [7, 11) is 0. The third kappa shape index (κ3) is 3.32. The Bertz CT molecular complexity index is 622. The van der Waals surface area contributed by atoms with Gasteiger partial charge in [0.25, 0.3) is 5.91 Å². The predicted octanol–water partition coefficient (Wildman–Crippen LogP) is 2.50. The summed E-state index contributed by atoms with van der Waals surface area (Å²) >= 11 is 0. The SMILES string of the molecule is Cc1cccc(C(=O)NCCc2cn3c(n2)CCCC3)c1. The smallest absolute Gasteiger partial charge is 0.251 e. The maximum Gasteiger partial charge on any atom is 0.251 e. The van der Waals surface area contributed by atoms with E-state index < -0.39 is 0 Å². The molecule has 0 radical (unpaired) electrons. The van der Waals surface area contributed by atoms with Gasteiger partial charge < -0.3 is 9.88 Å². The molecule has 1 N–H and O–H groups in total. The van der Waals surface area contributed by atoms with Gasteiger partial charge in [0.15, 0.2) is 0 Å². The second-order valence-corrected chi connectivity index (χ2v) is 5.67. The lowest BCUT2D eigenvalue weighted by Gasteiger charge is -2.11. The van der Waals surface area contributed by atoms with Crippen molar-refractivity contribution < 1.29 is 4.79 Å². The minimum atomic E-state index is -0.0114. The van der Waals surface area contributed by atoms with Crippen LogP contribution >= 0.6 is 0 Å². The summed E-state index contributed by atoms with van der Waals surface area (Å²) in [6, 6.07) is 7.66. The number of nitrogens with one attached hydrogen (secondary N) is 1. The molecule has 2 aromatic rings. The van der Waals surface area contributed by atoms with Crippen molar-refractivity contribution in [3.8, 4) is 0 Å². The fourth-order valence-electron chi connectivity index (χ4n) is 2.78. The van der Waals surface area contributed by atoms with E-state index in [4.69, 9.17) is 0 Å². The zero-order valence-electron chi connectivity index (χ0n) is 12.4. The number of carbonyl (C=O) groups excluding carboxylic acids is 1. The van der Waals surface area contributed by atoms with Crippen LogP contribution in [0.1, 0.15) is 40.3 Å². The van der Waals surface area contributed by atoms with Gasteiger partial charge in [-0.05, 0) is 31.9 Å². The van der Waals surface area contributed by atoms with Gasteiger partial charge in [-0.1, -0.05) is 17.7 Å². The Labute approximate surface area is 125 Å². The van der Waals surface area contributed by atoms with Crippen molar-refractivity contribution in [2.45, 2.75) is 39.2 Å². The maximum absolute atomic E-state index is 12.0. The zero-order valence-corrected chi connectivity index (χ0v) is 12.4. The topological polar surface area (TPSA) is 46.9 Å². The molecule has 21 heavy (non-hydrogen) atoms. The molecule has 4 heteroatoms. The Morgan fingerprint density at radius 1 is 1.38 bits per heavy atom. The molecule has 0 unspecified atom stereocenters. The second kappa shape index (κ2) is 6.12. The van der Waals surface area contributed by atoms with Gasteiger partial charge in [0, 0.05) is 37.7 Å². The first-order chi connectivity index (χ1) is 10.2. The minimum Gasteiger partial charge on any atom is -0.352 e. The van der Waals surface area contributed by atoms with E-state index in [1.54, 1.807) is 0 Å². The fourth-order valence-corrected chi connectivity index (χ4v) is 2.78. The maximum atomic E-state index is 12.0. The lowest BCUT2D eigenvalue weighted by molar-refractivity contribution is 0.0954. The summed E-state index contributed by atoms with van der Waals surface area (Å²) in [6.45, 7) is 3.70. The minimum absolute atomic E-state index is 0.0114. The van der Waals surface area contributed by atoms with E-state index in [0.29, 0.717) is 6.54 Å². The molecule has 3 rings (SSSR count). The summed E-state index contributed by atoms with van der Waals surface area (Å²) in [5, 5.41) is 2.97. The number of aryl methyl sites for hydroxylation is 3. The van der Waals surface area contributed by atoms with Crippen molar-refractivity contribution in [2.24, 2.45) is 0 Å². The Balaban J connectivity index is 1.54. The molecular weight excluding hydrogens is 262 g/mol. The number of rotatable bonds is 4. The summed E-state index contributed by atoms with van der Waals surface area (Å²) in [4.78, 5) is 16.7.